The van der Waals surface area contributed by atoms with Gasteiger partial charge in [0.25, 0.3) is 5.91 Å². The van der Waals surface area contributed by atoms with E-state index in [1.807, 2.05) is 36.7 Å². The molecule has 4 nitrogen and oxygen atoms in total. The third-order valence-corrected chi connectivity index (χ3v) is 5.82. The van der Waals surface area contributed by atoms with Crippen LogP contribution < -0.4 is 5.32 Å². The van der Waals surface area contributed by atoms with Gasteiger partial charge in [-0.2, -0.15) is 5.10 Å². The van der Waals surface area contributed by atoms with Crippen LogP contribution in [0, 0.1) is 19.7 Å². The number of aromatic nitrogens is 2. The third kappa shape index (κ3) is 3.62. The van der Waals surface area contributed by atoms with E-state index in [0.717, 1.165) is 39.7 Å². The van der Waals surface area contributed by atoms with Gasteiger partial charge in [-0.15, -0.1) is 11.8 Å². The largest absolute Gasteiger partial charge is 0.345 e. The van der Waals surface area contributed by atoms with E-state index in [9.17, 15) is 9.18 Å². The van der Waals surface area contributed by atoms with Crippen LogP contribution in [-0.2, 0) is 0 Å². The smallest absolute Gasteiger partial charge is 0.251 e. The number of aryl methyl sites for hydroxylation is 2. The molecule has 0 radical (unpaired) electrons. The van der Waals surface area contributed by atoms with Crippen molar-refractivity contribution in [2.45, 2.75) is 31.2 Å². The van der Waals surface area contributed by atoms with Crippen LogP contribution >= 0.6 is 11.8 Å². The first kappa shape index (κ1) is 17.8. The molecule has 1 N–H and O–H groups in total. The fourth-order valence-electron chi connectivity index (χ4n) is 3.40. The zero-order valence-corrected chi connectivity index (χ0v) is 16.0. The summed E-state index contributed by atoms with van der Waals surface area (Å²) >= 11 is 1.70. The Hall–Kier alpha value is -2.60. The van der Waals surface area contributed by atoms with Gasteiger partial charge in [0.05, 0.1) is 17.4 Å². The van der Waals surface area contributed by atoms with Crippen LogP contribution in [0.4, 0.5) is 4.39 Å². The van der Waals surface area contributed by atoms with Gasteiger partial charge >= 0.3 is 0 Å². The molecule has 0 spiro atoms. The molecule has 1 atom stereocenters. The topological polar surface area (TPSA) is 46.9 Å². The monoisotopic (exact) mass is 381 g/mol. The van der Waals surface area contributed by atoms with Crippen molar-refractivity contribution >= 4 is 17.7 Å². The number of amides is 1. The molecule has 0 aliphatic carbocycles. The Kier molecular flexibility index (Phi) is 4.74. The van der Waals surface area contributed by atoms with Gasteiger partial charge in [-0.3, -0.25) is 4.79 Å². The first-order valence-corrected chi connectivity index (χ1v) is 9.86. The van der Waals surface area contributed by atoms with Crippen molar-refractivity contribution in [1.29, 1.82) is 0 Å². The summed E-state index contributed by atoms with van der Waals surface area (Å²) in [7, 11) is 0. The molecule has 1 aliphatic heterocycles. The lowest BCUT2D eigenvalue weighted by molar-refractivity contribution is 0.0935. The summed E-state index contributed by atoms with van der Waals surface area (Å²) in [6.45, 7) is 3.95. The summed E-state index contributed by atoms with van der Waals surface area (Å²) in [5.41, 5.74) is 4.35. The molecule has 27 heavy (non-hydrogen) atoms. The lowest BCUT2D eigenvalue weighted by Crippen LogP contribution is -2.30. The first-order valence-electron chi connectivity index (χ1n) is 8.88. The van der Waals surface area contributed by atoms with E-state index in [0.29, 0.717) is 5.56 Å². The Bertz CT molecular complexity index is 997. The molecule has 2 heterocycles. The molecule has 0 bridgehead atoms. The van der Waals surface area contributed by atoms with Crippen molar-refractivity contribution in [3.8, 4) is 5.69 Å². The van der Waals surface area contributed by atoms with Crippen molar-refractivity contribution in [2.24, 2.45) is 0 Å². The van der Waals surface area contributed by atoms with Crippen molar-refractivity contribution in [2.75, 3.05) is 5.75 Å². The van der Waals surface area contributed by atoms with E-state index in [1.165, 1.54) is 12.1 Å². The number of nitrogens with zero attached hydrogens (tertiary/aromatic N) is 2. The predicted octanol–water partition coefficient (Wildman–Crippen LogP) is 4.60. The molecule has 1 amide bonds. The van der Waals surface area contributed by atoms with Gasteiger partial charge in [0.15, 0.2) is 0 Å². The number of rotatable bonds is 3. The highest BCUT2D eigenvalue weighted by atomic mass is 32.2. The van der Waals surface area contributed by atoms with E-state index in [1.54, 1.807) is 30.0 Å². The van der Waals surface area contributed by atoms with Crippen LogP contribution in [0.2, 0.25) is 0 Å². The summed E-state index contributed by atoms with van der Waals surface area (Å²) in [6.07, 6.45) is 0.788. The van der Waals surface area contributed by atoms with E-state index in [4.69, 9.17) is 0 Å². The number of halogens is 1. The van der Waals surface area contributed by atoms with E-state index < -0.39 is 0 Å². The Labute approximate surface area is 161 Å². The fourth-order valence-corrected chi connectivity index (χ4v) is 4.51. The van der Waals surface area contributed by atoms with Gasteiger partial charge in [0.1, 0.15) is 5.82 Å². The highest BCUT2D eigenvalue weighted by molar-refractivity contribution is 7.99. The maximum absolute atomic E-state index is 13.6. The minimum Gasteiger partial charge on any atom is -0.345 e. The molecule has 2 aromatic carbocycles. The Morgan fingerprint density at radius 1 is 1.19 bits per heavy atom. The molecule has 138 valence electrons. The second-order valence-electron chi connectivity index (χ2n) is 6.73. The Balaban J connectivity index is 1.53. The third-order valence-electron chi connectivity index (χ3n) is 4.70. The summed E-state index contributed by atoms with van der Waals surface area (Å²) in [5, 5.41) is 7.51. The Morgan fingerprint density at radius 3 is 2.67 bits per heavy atom. The molecule has 0 fully saturated rings. The second-order valence-corrected chi connectivity index (χ2v) is 7.87. The highest BCUT2D eigenvalue weighted by Gasteiger charge is 2.23. The minimum atomic E-state index is -0.273. The fraction of sp³-hybridized carbons (Fsp3) is 0.238. The molecule has 1 aromatic heterocycles. The SMILES string of the molecule is Cc1cc(C)n(-c2ccc(C(=O)NC3CCSc4ccc(F)cc43)cc2)n1. The molecule has 1 unspecified atom stereocenters. The zero-order chi connectivity index (χ0) is 19.0. The van der Waals surface area contributed by atoms with E-state index in [2.05, 4.69) is 10.4 Å². The predicted molar refractivity (Wildman–Crippen MR) is 105 cm³/mol. The number of carbonyl (C=O) groups is 1. The molecular weight excluding hydrogens is 361 g/mol. The summed E-state index contributed by atoms with van der Waals surface area (Å²) in [4.78, 5) is 13.7. The normalized spacial score (nSPS) is 16.0. The second kappa shape index (κ2) is 7.19. The molecular formula is C21H20FN3OS. The summed E-state index contributed by atoms with van der Waals surface area (Å²) in [6, 6.07) is 14.0. The summed E-state index contributed by atoms with van der Waals surface area (Å²) in [5.74, 6) is 0.479. The van der Waals surface area contributed by atoms with Gasteiger partial charge in [0, 0.05) is 21.9 Å². The van der Waals surface area contributed by atoms with E-state index >= 15 is 0 Å². The molecule has 0 saturated carbocycles. The molecule has 3 aromatic rings. The lowest BCUT2D eigenvalue weighted by Gasteiger charge is -2.26. The van der Waals surface area contributed by atoms with E-state index in [-0.39, 0.29) is 17.8 Å². The number of hydrogen-bond donors (Lipinski definition) is 1. The van der Waals surface area contributed by atoms with Crippen molar-refractivity contribution in [3.05, 3.63) is 76.9 Å². The first-order chi connectivity index (χ1) is 13.0. The number of benzene rings is 2. The number of hydrogen-bond acceptors (Lipinski definition) is 3. The molecule has 4 rings (SSSR count). The van der Waals surface area contributed by atoms with Crippen LogP contribution in [0.3, 0.4) is 0 Å². The lowest BCUT2D eigenvalue weighted by atomic mass is 10.0. The average molecular weight is 381 g/mol. The van der Waals surface area contributed by atoms with Crippen molar-refractivity contribution in [3.63, 3.8) is 0 Å². The maximum atomic E-state index is 13.6. The number of fused-ring (bicyclic) bond motifs is 1. The van der Waals surface area contributed by atoms with Gasteiger partial charge in [-0.1, -0.05) is 0 Å². The molecule has 1 aliphatic rings. The van der Waals surface area contributed by atoms with Gasteiger partial charge < -0.3 is 5.32 Å². The Morgan fingerprint density at radius 2 is 1.96 bits per heavy atom. The van der Waals surface area contributed by atoms with Crippen LogP contribution in [0.15, 0.2) is 53.4 Å². The van der Waals surface area contributed by atoms with Gasteiger partial charge in [-0.05, 0) is 74.4 Å². The highest BCUT2D eigenvalue weighted by Crippen LogP contribution is 2.36. The van der Waals surface area contributed by atoms with Crippen LogP contribution in [0.25, 0.3) is 5.69 Å². The minimum absolute atomic E-state index is 0.151. The molecule has 6 heteroatoms. The number of thioether (sulfide) groups is 1. The number of nitrogens with one attached hydrogen (secondary N) is 1. The van der Waals surface area contributed by atoms with Crippen molar-refractivity contribution < 1.29 is 9.18 Å². The van der Waals surface area contributed by atoms with Crippen LogP contribution in [0.5, 0.6) is 0 Å². The quantitative estimate of drug-likeness (QED) is 0.722. The van der Waals surface area contributed by atoms with Gasteiger partial charge in [-0.25, -0.2) is 9.07 Å². The zero-order valence-electron chi connectivity index (χ0n) is 15.2. The summed E-state index contributed by atoms with van der Waals surface area (Å²) < 4.78 is 15.5. The van der Waals surface area contributed by atoms with Crippen LogP contribution in [-0.4, -0.2) is 21.4 Å². The average Bonchev–Trinajstić information content (AvgIpc) is 3.00. The molecule has 0 saturated heterocycles. The van der Waals surface area contributed by atoms with Crippen LogP contribution in [0.1, 0.15) is 39.8 Å². The maximum Gasteiger partial charge on any atom is 0.251 e. The van der Waals surface area contributed by atoms with Gasteiger partial charge in [0.2, 0.25) is 0 Å². The number of carbonyl (C=O) groups excluding carboxylic acids is 1. The standard InChI is InChI=1S/C21H20FN3OS/c1-13-11-14(2)25(24-13)17-6-3-15(4-7-17)21(26)23-19-9-10-27-20-8-5-16(22)12-18(19)20/h3-8,11-12,19H,9-10H2,1-2H3,(H,23,26). The van der Waals surface area contributed by atoms with Crippen molar-refractivity contribution in [1.82, 2.24) is 15.1 Å².